The van der Waals surface area contributed by atoms with E-state index in [1.165, 1.54) is 10.8 Å². The Hall–Kier alpha value is -2.06. The average molecular weight is 364 g/mol. The van der Waals surface area contributed by atoms with Crippen LogP contribution in [0.5, 0.6) is 0 Å². The molecule has 0 aromatic carbocycles. The molecule has 1 amide bonds. The molecule has 0 saturated carbocycles. The van der Waals surface area contributed by atoms with Gasteiger partial charge in [0.1, 0.15) is 5.65 Å². The molecule has 2 aliphatic heterocycles. The number of aromatic nitrogens is 2. The third-order valence-corrected chi connectivity index (χ3v) is 5.43. The van der Waals surface area contributed by atoms with Crippen LogP contribution in [0.3, 0.4) is 0 Å². The van der Waals surface area contributed by atoms with Crippen molar-refractivity contribution in [2.24, 2.45) is 0 Å². The van der Waals surface area contributed by atoms with E-state index >= 15 is 0 Å². The Kier molecular flexibility index (Phi) is 4.62. The number of ether oxygens (including phenoxy) is 1. The van der Waals surface area contributed by atoms with E-state index in [0.717, 1.165) is 12.8 Å². The van der Waals surface area contributed by atoms with Crippen molar-refractivity contribution in [3.05, 3.63) is 30.1 Å². The zero-order valence-electron chi connectivity index (χ0n) is 14.6. The highest BCUT2D eigenvalue weighted by Gasteiger charge is 2.37. The molecule has 2 atom stereocenters. The number of nitrogens with zero attached hydrogens (tertiary/aromatic N) is 3. The molecule has 26 heavy (non-hydrogen) atoms. The Morgan fingerprint density at radius 2 is 2.12 bits per heavy atom. The van der Waals surface area contributed by atoms with Crippen LogP contribution in [0.1, 0.15) is 23.2 Å². The van der Waals surface area contributed by atoms with Crippen molar-refractivity contribution in [3.63, 3.8) is 0 Å². The lowest BCUT2D eigenvalue weighted by Crippen LogP contribution is -2.59. The number of halogens is 2. The fourth-order valence-electron chi connectivity index (χ4n) is 4.07. The summed E-state index contributed by atoms with van der Waals surface area (Å²) >= 11 is 0. The SMILES string of the molecule is CN1C2COCC1CC(NC(=O)c1cn(CC(F)F)c3ncccc13)C2. The van der Waals surface area contributed by atoms with Crippen molar-refractivity contribution in [1.29, 1.82) is 0 Å². The highest BCUT2D eigenvalue weighted by molar-refractivity contribution is 6.06. The van der Waals surface area contributed by atoms with E-state index in [-0.39, 0.29) is 11.9 Å². The largest absolute Gasteiger partial charge is 0.378 e. The summed E-state index contributed by atoms with van der Waals surface area (Å²) in [5.74, 6) is -0.232. The Labute approximate surface area is 150 Å². The lowest BCUT2D eigenvalue weighted by molar-refractivity contribution is -0.0670. The van der Waals surface area contributed by atoms with E-state index in [1.807, 2.05) is 0 Å². The van der Waals surface area contributed by atoms with Gasteiger partial charge in [0.05, 0.1) is 25.3 Å². The Balaban J connectivity index is 1.55. The first kappa shape index (κ1) is 17.4. The van der Waals surface area contributed by atoms with Crippen LogP contribution in [0.2, 0.25) is 0 Å². The first-order chi connectivity index (χ1) is 12.5. The number of rotatable bonds is 4. The molecule has 2 unspecified atom stereocenters. The molecule has 0 radical (unpaired) electrons. The van der Waals surface area contributed by atoms with Gasteiger partial charge >= 0.3 is 0 Å². The average Bonchev–Trinajstić information content (AvgIpc) is 2.94. The summed E-state index contributed by atoms with van der Waals surface area (Å²) in [4.78, 5) is 19.3. The minimum atomic E-state index is -2.50. The van der Waals surface area contributed by atoms with Crippen molar-refractivity contribution in [2.75, 3.05) is 20.3 Å². The van der Waals surface area contributed by atoms with Crippen molar-refractivity contribution in [1.82, 2.24) is 19.8 Å². The molecule has 4 heterocycles. The van der Waals surface area contributed by atoms with Crippen LogP contribution in [0.25, 0.3) is 11.0 Å². The summed E-state index contributed by atoms with van der Waals surface area (Å²) < 4.78 is 32.6. The smallest absolute Gasteiger partial charge is 0.256 e. The summed E-state index contributed by atoms with van der Waals surface area (Å²) in [7, 11) is 2.10. The second-order valence-corrected chi connectivity index (χ2v) is 7.11. The number of likely N-dealkylation sites (N-methyl/N-ethyl adjacent to an activating group) is 1. The summed E-state index contributed by atoms with van der Waals surface area (Å²) in [5, 5.41) is 3.69. The van der Waals surface area contributed by atoms with Gasteiger partial charge in [-0.1, -0.05) is 0 Å². The van der Waals surface area contributed by atoms with Crippen LogP contribution in [-0.2, 0) is 11.3 Å². The van der Waals surface area contributed by atoms with E-state index in [2.05, 4.69) is 22.2 Å². The molecule has 2 aromatic heterocycles. The number of hydrogen-bond donors (Lipinski definition) is 1. The highest BCUT2D eigenvalue weighted by atomic mass is 19.3. The number of piperidine rings is 1. The van der Waals surface area contributed by atoms with Gasteiger partial charge in [-0.3, -0.25) is 9.69 Å². The zero-order chi connectivity index (χ0) is 18.3. The van der Waals surface area contributed by atoms with Gasteiger partial charge in [-0.2, -0.15) is 0 Å². The third kappa shape index (κ3) is 3.19. The Bertz CT molecular complexity index is 796. The van der Waals surface area contributed by atoms with E-state index < -0.39 is 13.0 Å². The summed E-state index contributed by atoms with van der Waals surface area (Å²) in [6.07, 6.45) is 2.18. The number of hydrogen-bond acceptors (Lipinski definition) is 4. The number of amides is 1. The van der Waals surface area contributed by atoms with Crippen LogP contribution in [0.4, 0.5) is 8.78 Å². The van der Waals surface area contributed by atoms with Gasteiger partial charge < -0.3 is 14.6 Å². The van der Waals surface area contributed by atoms with Gasteiger partial charge in [0.25, 0.3) is 12.3 Å². The molecule has 2 bridgehead atoms. The van der Waals surface area contributed by atoms with Gasteiger partial charge in [-0.25, -0.2) is 13.8 Å². The molecule has 4 rings (SSSR count). The number of pyridine rings is 1. The fraction of sp³-hybridized carbons (Fsp3) is 0.556. The molecule has 2 aromatic rings. The quantitative estimate of drug-likeness (QED) is 0.900. The van der Waals surface area contributed by atoms with Crippen LogP contribution in [0, 0.1) is 0 Å². The second-order valence-electron chi connectivity index (χ2n) is 7.11. The number of carbonyl (C=O) groups is 1. The van der Waals surface area contributed by atoms with Crippen molar-refractivity contribution >= 4 is 16.9 Å². The molecule has 2 saturated heterocycles. The van der Waals surface area contributed by atoms with Crippen molar-refractivity contribution in [2.45, 2.75) is 43.9 Å². The molecular formula is C18H22F2N4O2. The third-order valence-electron chi connectivity index (χ3n) is 5.43. The number of alkyl halides is 2. The van der Waals surface area contributed by atoms with Gasteiger partial charge in [-0.15, -0.1) is 0 Å². The van der Waals surface area contributed by atoms with Crippen molar-refractivity contribution in [3.8, 4) is 0 Å². The second kappa shape index (κ2) is 6.92. The molecule has 2 fully saturated rings. The van der Waals surface area contributed by atoms with Crippen LogP contribution in [0.15, 0.2) is 24.5 Å². The minimum Gasteiger partial charge on any atom is -0.378 e. The Morgan fingerprint density at radius 1 is 1.38 bits per heavy atom. The number of fused-ring (bicyclic) bond motifs is 3. The lowest BCUT2D eigenvalue weighted by Gasteiger charge is -2.46. The normalized spacial score (nSPS) is 26.4. The maximum atomic E-state index is 12.8. The predicted octanol–water partition coefficient (Wildman–Crippen LogP) is 1.89. The van der Waals surface area contributed by atoms with Gasteiger partial charge in [0, 0.05) is 35.9 Å². The lowest BCUT2D eigenvalue weighted by atomic mass is 9.90. The minimum absolute atomic E-state index is 0.0581. The maximum Gasteiger partial charge on any atom is 0.256 e. The standard InChI is InChI=1S/C18H22F2N4O2/c1-23-12-5-11(6-13(23)10-26-9-12)22-18(25)15-7-24(8-16(19)20)17-14(15)3-2-4-21-17/h2-4,7,11-13,16H,5-6,8-10H2,1H3,(H,22,25). The summed E-state index contributed by atoms with van der Waals surface area (Å²) in [5.41, 5.74) is 0.806. The molecule has 6 nitrogen and oxygen atoms in total. The molecule has 140 valence electrons. The molecule has 8 heteroatoms. The molecular weight excluding hydrogens is 342 g/mol. The van der Waals surface area contributed by atoms with Gasteiger partial charge in [-0.05, 0) is 32.0 Å². The topological polar surface area (TPSA) is 59.4 Å². The van der Waals surface area contributed by atoms with E-state index in [0.29, 0.717) is 41.9 Å². The van der Waals surface area contributed by atoms with Crippen LogP contribution < -0.4 is 5.32 Å². The molecule has 2 aliphatic rings. The van der Waals surface area contributed by atoms with Gasteiger partial charge in [0.2, 0.25) is 0 Å². The summed E-state index contributed by atoms with van der Waals surface area (Å²) in [6.45, 7) is 0.879. The van der Waals surface area contributed by atoms with E-state index in [1.54, 1.807) is 18.3 Å². The fourth-order valence-corrected chi connectivity index (χ4v) is 4.07. The van der Waals surface area contributed by atoms with Gasteiger partial charge in [0.15, 0.2) is 0 Å². The zero-order valence-corrected chi connectivity index (χ0v) is 14.6. The van der Waals surface area contributed by atoms with Crippen LogP contribution in [-0.4, -0.2) is 65.2 Å². The van der Waals surface area contributed by atoms with Crippen molar-refractivity contribution < 1.29 is 18.3 Å². The van der Waals surface area contributed by atoms with E-state index in [4.69, 9.17) is 4.74 Å². The number of morpholine rings is 1. The predicted molar refractivity (Wildman–Crippen MR) is 92.4 cm³/mol. The summed E-state index contributed by atoms with van der Waals surface area (Å²) in [6, 6.07) is 4.12. The van der Waals surface area contributed by atoms with Crippen LogP contribution >= 0.6 is 0 Å². The molecule has 0 aliphatic carbocycles. The highest BCUT2D eigenvalue weighted by Crippen LogP contribution is 2.27. The first-order valence-electron chi connectivity index (χ1n) is 8.85. The first-order valence-corrected chi connectivity index (χ1v) is 8.85. The molecule has 0 spiro atoms. The van der Waals surface area contributed by atoms with E-state index in [9.17, 15) is 13.6 Å². The Morgan fingerprint density at radius 3 is 2.81 bits per heavy atom. The molecule has 1 N–H and O–H groups in total. The monoisotopic (exact) mass is 364 g/mol. The number of carbonyl (C=O) groups excluding carboxylic acids is 1. The maximum absolute atomic E-state index is 12.8. The number of nitrogens with one attached hydrogen (secondary N) is 1.